The van der Waals surface area contributed by atoms with E-state index in [1.54, 1.807) is 67.8 Å². The molecule has 0 atom stereocenters. The molecule has 0 aliphatic rings. The molecule has 0 spiro atoms. The lowest BCUT2D eigenvalue weighted by Crippen LogP contribution is -2.10. The van der Waals surface area contributed by atoms with Crippen LogP contribution in [0, 0.1) is 11.3 Å². The van der Waals surface area contributed by atoms with Crippen LogP contribution in [0.3, 0.4) is 0 Å². The molecule has 3 rings (SSSR count). The number of rotatable bonds is 6. The number of para-hydroxylation sites is 1. The van der Waals surface area contributed by atoms with Crippen molar-refractivity contribution in [1.29, 1.82) is 5.26 Å². The Kier molecular flexibility index (Phi) is 6.29. The Bertz CT molecular complexity index is 1080. The fraction of sp³-hybridized carbons (Fsp3) is 0.0833. The van der Waals surface area contributed by atoms with E-state index < -0.39 is 5.97 Å². The number of methoxy groups -OCH3 is 2. The first-order chi connectivity index (χ1) is 14.1. The van der Waals surface area contributed by atoms with Crippen LogP contribution in [-0.2, 0) is 0 Å². The number of hydrogen-bond acceptors (Lipinski definition) is 5. The second kappa shape index (κ2) is 9.25. The summed E-state index contributed by atoms with van der Waals surface area (Å²) in [5.74, 6) is 1.03. The Hall–Kier alpha value is -4.04. The van der Waals surface area contributed by atoms with Gasteiger partial charge >= 0.3 is 5.97 Å². The average Bonchev–Trinajstić information content (AvgIpc) is 2.77. The number of carbonyl (C=O) groups is 1. The molecule has 3 aromatic carbocycles. The van der Waals surface area contributed by atoms with Crippen LogP contribution < -0.4 is 14.2 Å². The van der Waals surface area contributed by atoms with Crippen LogP contribution in [0.5, 0.6) is 17.2 Å². The van der Waals surface area contributed by atoms with Gasteiger partial charge in [0.2, 0.25) is 0 Å². The molecule has 0 aliphatic heterocycles. The predicted molar refractivity (Wildman–Crippen MR) is 111 cm³/mol. The third kappa shape index (κ3) is 4.82. The first kappa shape index (κ1) is 19.7. The van der Waals surface area contributed by atoms with E-state index in [1.165, 1.54) is 7.11 Å². The van der Waals surface area contributed by atoms with E-state index in [1.807, 2.05) is 18.2 Å². The van der Waals surface area contributed by atoms with Crippen LogP contribution in [0.15, 0.2) is 72.8 Å². The molecule has 0 radical (unpaired) electrons. The molecule has 3 aromatic rings. The van der Waals surface area contributed by atoms with Crippen LogP contribution in [0.2, 0.25) is 0 Å². The van der Waals surface area contributed by atoms with Crippen molar-refractivity contribution in [2.24, 2.45) is 0 Å². The minimum atomic E-state index is -0.515. The van der Waals surface area contributed by atoms with Gasteiger partial charge in [-0.2, -0.15) is 5.26 Å². The first-order valence-corrected chi connectivity index (χ1v) is 8.86. The molecule has 5 nitrogen and oxygen atoms in total. The molecule has 144 valence electrons. The SMILES string of the molecule is COc1ccc(/C(C#N)=C\c2cccc(OC(=O)c3ccccc3OC)c2)cc1. The summed E-state index contributed by atoms with van der Waals surface area (Å²) in [4.78, 5) is 12.5. The Morgan fingerprint density at radius 3 is 2.34 bits per heavy atom. The summed E-state index contributed by atoms with van der Waals surface area (Å²) in [5.41, 5.74) is 2.33. The molecule has 0 amide bonds. The van der Waals surface area contributed by atoms with Gasteiger partial charge in [0.15, 0.2) is 0 Å². The highest BCUT2D eigenvalue weighted by Gasteiger charge is 2.14. The van der Waals surface area contributed by atoms with Gasteiger partial charge in [0.05, 0.1) is 25.9 Å². The summed E-state index contributed by atoms with van der Waals surface area (Å²) in [7, 11) is 3.09. The molecule has 0 aromatic heterocycles. The summed E-state index contributed by atoms with van der Waals surface area (Å²) in [6.07, 6.45) is 1.74. The quantitative estimate of drug-likeness (QED) is 0.259. The average molecular weight is 385 g/mol. The van der Waals surface area contributed by atoms with Gasteiger partial charge in [-0.3, -0.25) is 0 Å². The Balaban J connectivity index is 1.83. The van der Waals surface area contributed by atoms with Gasteiger partial charge in [-0.1, -0.05) is 24.3 Å². The number of nitriles is 1. The van der Waals surface area contributed by atoms with E-state index in [0.717, 1.165) is 16.9 Å². The molecular weight excluding hydrogens is 366 g/mol. The molecule has 0 aliphatic carbocycles. The lowest BCUT2D eigenvalue weighted by molar-refractivity contribution is 0.0731. The summed E-state index contributed by atoms with van der Waals surface area (Å²) in [5, 5.41) is 9.54. The van der Waals surface area contributed by atoms with Crippen molar-refractivity contribution in [2.75, 3.05) is 14.2 Å². The van der Waals surface area contributed by atoms with Gasteiger partial charge in [0.25, 0.3) is 0 Å². The number of carbonyl (C=O) groups excluding carboxylic acids is 1. The van der Waals surface area contributed by atoms with E-state index in [0.29, 0.717) is 22.6 Å². The Morgan fingerprint density at radius 1 is 0.897 bits per heavy atom. The van der Waals surface area contributed by atoms with E-state index >= 15 is 0 Å². The fourth-order valence-corrected chi connectivity index (χ4v) is 2.76. The van der Waals surface area contributed by atoms with Crippen LogP contribution in [-0.4, -0.2) is 20.2 Å². The number of benzene rings is 3. The maximum atomic E-state index is 12.5. The van der Waals surface area contributed by atoms with Gasteiger partial charge in [-0.25, -0.2) is 4.79 Å². The van der Waals surface area contributed by atoms with Gasteiger partial charge in [0.1, 0.15) is 22.8 Å². The summed E-state index contributed by atoms with van der Waals surface area (Å²) in [6.45, 7) is 0. The van der Waals surface area contributed by atoms with Gasteiger partial charge in [-0.15, -0.1) is 0 Å². The largest absolute Gasteiger partial charge is 0.497 e. The monoisotopic (exact) mass is 385 g/mol. The lowest BCUT2D eigenvalue weighted by Gasteiger charge is -2.09. The second-order valence-corrected chi connectivity index (χ2v) is 6.06. The molecule has 0 unspecified atom stereocenters. The molecule has 5 heteroatoms. The van der Waals surface area contributed by atoms with E-state index in [9.17, 15) is 10.1 Å². The van der Waals surface area contributed by atoms with E-state index in [2.05, 4.69) is 6.07 Å². The van der Waals surface area contributed by atoms with Gasteiger partial charge in [0, 0.05) is 0 Å². The molecule has 0 saturated heterocycles. The van der Waals surface area contributed by atoms with Crippen molar-refractivity contribution in [3.05, 3.63) is 89.5 Å². The molecule has 0 N–H and O–H groups in total. The number of nitrogens with zero attached hydrogens (tertiary/aromatic N) is 1. The number of allylic oxidation sites excluding steroid dienone is 1. The minimum absolute atomic E-state index is 0.340. The number of hydrogen-bond donors (Lipinski definition) is 0. The molecule has 29 heavy (non-hydrogen) atoms. The van der Waals surface area contributed by atoms with Crippen LogP contribution >= 0.6 is 0 Å². The molecular formula is C24H19NO4. The molecule has 0 fully saturated rings. The topological polar surface area (TPSA) is 68.5 Å². The summed E-state index contributed by atoms with van der Waals surface area (Å²) in [6, 6.07) is 23.3. The van der Waals surface area contributed by atoms with Gasteiger partial charge in [-0.05, 0) is 65.7 Å². The van der Waals surface area contributed by atoms with E-state index in [-0.39, 0.29) is 0 Å². The minimum Gasteiger partial charge on any atom is -0.497 e. The van der Waals surface area contributed by atoms with Crippen molar-refractivity contribution in [2.45, 2.75) is 0 Å². The summed E-state index contributed by atoms with van der Waals surface area (Å²) >= 11 is 0. The second-order valence-electron chi connectivity index (χ2n) is 6.06. The zero-order chi connectivity index (χ0) is 20.6. The molecule has 0 bridgehead atoms. The Labute approximate surface area is 169 Å². The normalized spacial score (nSPS) is 10.7. The van der Waals surface area contributed by atoms with Crippen molar-refractivity contribution < 1.29 is 19.0 Å². The number of ether oxygens (including phenoxy) is 3. The van der Waals surface area contributed by atoms with Crippen LogP contribution in [0.25, 0.3) is 11.6 Å². The molecule has 0 heterocycles. The van der Waals surface area contributed by atoms with Gasteiger partial charge < -0.3 is 14.2 Å². The van der Waals surface area contributed by atoms with Crippen LogP contribution in [0.1, 0.15) is 21.5 Å². The standard InChI is InChI=1S/C24H19NO4/c1-27-20-12-10-18(11-13-20)19(16-25)14-17-6-5-7-21(15-17)29-24(26)22-8-3-4-9-23(22)28-2/h3-15H,1-2H3/b19-14-. The predicted octanol–water partition coefficient (Wildman–Crippen LogP) is 4.99. The Morgan fingerprint density at radius 2 is 1.66 bits per heavy atom. The first-order valence-electron chi connectivity index (χ1n) is 8.86. The van der Waals surface area contributed by atoms with E-state index in [4.69, 9.17) is 14.2 Å². The van der Waals surface area contributed by atoms with Crippen LogP contribution in [0.4, 0.5) is 0 Å². The van der Waals surface area contributed by atoms with Crippen molar-refractivity contribution in [3.8, 4) is 23.3 Å². The maximum Gasteiger partial charge on any atom is 0.347 e. The smallest absolute Gasteiger partial charge is 0.347 e. The molecule has 0 saturated carbocycles. The lowest BCUT2D eigenvalue weighted by atomic mass is 10.0. The summed E-state index contributed by atoms with van der Waals surface area (Å²) < 4.78 is 15.8. The maximum absolute atomic E-state index is 12.5. The zero-order valence-electron chi connectivity index (χ0n) is 16.1. The third-order valence-corrected chi connectivity index (χ3v) is 4.23. The van der Waals surface area contributed by atoms with Crippen molar-refractivity contribution in [3.63, 3.8) is 0 Å². The highest BCUT2D eigenvalue weighted by Crippen LogP contribution is 2.24. The third-order valence-electron chi connectivity index (χ3n) is 4.23. The highest BCUT2D eigenvalue weighted by atomic mass is 16.5. The highest BCUT2D eigenvalue weighted by molar-refractivity contribution is 5.94. The number of esters is 1. The van der Waals surface area contributed by atoms with Crippen molar-refractivity contribution >= 4 is 17.6 Å². The zero-order valence-corrected chi connectivity index (χ0v) is 16.1. The fourth-order valence-electron chi connectivity index (χ4n) is 2.76. The van der Waals surface area contributed by atoms with Crippen molar-refractivity contribution in [1.82, 2.24) is 0 Å².